The van der Waals surface area contributed by atoms with Gasteiger partial charge in [-0.3, -0.25) is 14.4 Å². The molecular formula is C22H21N3O6S. The molecule has 32 heavy (non-hydrogen) atoms. The van der Waals surface area contributed by atoms with E-state index in [-0.39, 0.29) is 4.90 Å². The highest BCUT2D eigenvalue weighted by molar-refractivity contribution is 7.89. The van der Waals surface area contributed by atoms with Crippen molar-refractivity contribution in [3.05, 3.63) is 72.3 Å². The van der Waals surface area contributed by atoms with E-state index in [4.69, 9.17) is 9.88 Å². The number of primary sulfonamides is 1. The molecular weight excluding hydrogens is 434 g/mol. The molecule has 2 amide bonds. The highest BCUT2D eigenvalue weighted by Crippen LogP contribution is 2.16. The van der Waals surface area contributed by atoms with Crippen LogP contribution in [0.2, 0.25) is 0 Å². The van der Waals surface area contributed by atoms with Crippen molar-refractivity contribution >= 4 is 44.3 Å². The minimum absolute atomic E-state index is 0.0999. The van der Waals surface area contributed by atoms with Gasteiger partial charge in [0.25, 0.3) is 11.8 Å². The zero-order valence-corrected chi connectivity index (χ0v) is 17.9. The van der Waals surface area contributed by atoms with Crippen LogP contribution in [-0.4, -0.2) is 38.9 Å². The third-order valence-corrected chi connectivity index (χ3v) is 5.46. The van der Waals surface area contributed by atoms with E-state index in [1.807, 2.05) is 30.3 Å². The Morgan fingerprint density at radius 3 is 2.28 bits per heavy atom. The second kappa shape index (κ2) is 9.58. The molecule has 0 saturated carbocycles. The molecule has 0 aliphatic carbocycles. The summed E-state index contributed by atoms with van der Waals surface area (Å²) in [5.74, 6) is -1.85. The molecule has 1 unspecified atom stereocenters. The molecule has 0 saturated heterocycles. The van der Waals surface area contributed by atoms with E-state index < -0.39 is 40.5 Å². The van der Waals surface area contributed by atoms with Crippen LogP contribution in [0.4, 0.5) is 5.69 Å². The summed E-state index contributed by atoms with van der Waals surface area (Å²) in [6, 6.07) is 17.9. The average Bonchev–Trinajstić information content (AvgIpc) is 2.76. The Morgan fingerprint density at radius 1 is 0.969 bits per heavy atom. The second-order valence-electron chi connectivity index (χ2n) is 6.94. The lowest BCUT2D eigenvalue weighted by Gasteiger charge is -2.14. The molecule has 0 fully saturated rings. The molecule has 0 radical (unpaired) electrons. The molecule has 3 rings (SSSR count). The van der Waals surface area contributed by atoms with Gasteiger partial charge >= 0.3 is 5.97 Å². The highest BCUT2D eigenvalue weighted by atomic mass is 32.2. The lowest BCUT2D eigenvalue weighted by molar-refractivity contribution is -0.152. The standard InChI is InChI=1S/C22H21N3O6S/c1-14(21(27)25-18-8-10-19(11-9-18)32(23,29)30)31-20(26)13-24-22(28)17-7-6-15-4-2-3-5-16(15)12-17/h2-12,14H,13H2,1H3,(H,24,28)(H,25,27)(H2,23,29,30). The number of carbonyl (C=O) groups is 3. The number of nitrogens with one attached hydrogen (secondary N) is 2. The SMILES string of the molecule is CC(OC(=O)CNC(=O)c1ccc2ccccc2c1)C(=O)Nc1ccc(S(N)(=O)=O)cc1. The van der Waals surface area contributed by atoms with Gasteiger partial charge < -0.3 is 15.4 Å². The molecule has 9 nitrogen and oxygen atoms in total. The number of hydrogen-bond acceptors (Lipinski definition) is 6. The van der Waals surface area contributed by atoms with Crippen LogP contribution in [0.5, 0.6) is 0 Å². The largest absolute Gasteiger partial charge is 0.451 e. The molecule has 0 bridgehead atoms. The van der Waals surface area contributed by atoms with Crippen molar-refractivity contribution < 1.29 is 27.5 Å². The fourth-order valence-corrected chi connectivity index (χ4v) is 3.36. The minimum Gasteiger partial charge on any atom is -0.451 e. The first-order chi connectivity index (χ1) is 15.1. The van der Waals surface area contributed by atoms with Crippen molar-refractivity contribution in [1.29, 1.82) is 0 Å². The second-order valence-corrected chi connectivity index (χ2v) is 8.50. The van der Waals surface area contributed by atoms with Gasteiger partial charge in [-0.05, 0) is 54.1 Å². The van der Waals surface area contributed by atoms with Crippen LogP contribution in [0.25, 0.3) is 10.8 Å². The molecule has 1 atom stereocenters. The van der Waals surface area contributed by atoms with Crippen LogP contribution >= 0.6 is 0 Å². The maximum atomic E-state index is 12.3. The lowest BCUT2D eigenvalue weighted by atomic mass is 10.1. The van der Waals surface area contributed by atoms with E-state index in [0.717, 1.165) is 10.8 Å². The molecule has 3 aromatic rings. The Morgan fingerprint density at radius 2 is 1.62 bits per heavy atom. The van der Waals surface area contributed by atoms with E-state index in [2.05, 4.69) is 10.6 Å². The molecule has 0 heterocycles. The van der Waals surface area contributed by atoms with Crippen molar-refractivity contribution in [3.8, 4) is 0 Å². The predicted molar refractivity (Wildman–Crippen MR) is 118 cm³/mol. The number of carbonyl (C=O) groups excluding carboxylic acids is 3. The number of anilines is 1. The third-order valence-electron chi connectivity index (χ3n) is 4.53. The quantitative estimate of drug-likeness (QED) is 0.463. The number of sulfonamides is 1. The van der Waals surface area contributed by atoms with Crippen LogP contribution < -0.4 is 15.8 Å². The van der Waals surface area contributed by atoms with Crippen LogP contribution in [0.3, 0.4) is 0 Å². The fourth-order valence-electron chi connectivity index (χ4n) is 2.85. The topological polar surface area (TPSA) is 145 Å². The summed E-state index contributed by atoms with van der Waals surface area (Å²) in [6.45, 7) is 0.962. The summed E-state index contributed by atoms with van der Waals surface area (Å²) in [6.07, 6.45) is -1.14. The Balaban J connectivity index is 1.50. The van der Waals surface area contributed by atoms with Crippen LogP contribution in [-0.2, 0) is 24.3 Å². The van der Waals surface area contributed by atoms with Gasteiger partial charge in [-0.2, -0.15) is 0 Å². The van der Waals surface area contributed by atoms with E-state index >= 15 is 0 Å². The molecule has 0 spiro atoms. The van der Waals surface area contributed by atoms with E-state index in [1.54, 1.807) is 12.1 Å². The Bertz CT molecular complexity index is 1270. The highest BCUT2D eigenvalue weighted by Gasteiger charge is 2.19. The maximum Gasteiger partial charge on any atom is 0.326 e. The number of rotatable bonds is 7. The smallest absolute Gasteiger partial charge is 0.326 e. The van der Waals surface area contributed by atoms with E-state index in [1.165, 1.54) is 31.2 Å². The molecule has 0 aliphatic heterocycles. The van der Waals surface area contributed by atoms with Crippen LogP contribution in [0, 0.1) is 0 Å². The minimum atomic E-state index is -3.84. The molecule has 10 heteroatoms. The normalized spacial score (nSPS) is 12.1. The molecule has 3 aromatic carbocycles. The Kier molecular flexibility index (Phi) is 6.86. The first kappa shape index (κ1) is 22.9. The Hall–Kier alpha value is -3.76. The van der Waals surface area contributed by atoms with Gasteiger partial charge in [0.05, 0.1) is 4.90 Å². The summed E-state index contributed by atoms with van der Waals surface area (Å²) in [7, 11) is -3.84. The summed E-state index contributed by atoms with van der Waals surface area (Å²) in [4.78, 5) is 36.4. The van der Waals surface area contributed by atoms with Crippen molar-refractivity contribution in [3.63, 3.8) is 0 Å². The first-order valence-corrected chi connectivity index (χ1v) is 11.1. The van der Waals surface area contributed by atoms with Gasteiger partial charge in [0.2, 0.25) is 10.0 Å². The zero-order valence-electron chi connectivity index (χ0n) is 17.1. The van der Waals surface area contributed by atoms with Gasteiger partial charge in [-0.15, -0.1) is 0 Å². The number of esters is 1. The molecule has 4 N–H and O–H groups in total. The van der Waals surface area contributed by atoms with Crippen LogP contribution in [0.15, 0.2) is 71.6 Å². The third kappa shape index (κ3) is 5.90. The predicted octanol–water partition coefficient (Wildman–Crippen LogP) is 1.79. The van der Waals surface area contributed by atoms with Gasteiger partial charge in [0, 0.05) is 11.3 Å². The number of nitrogens with two attached hydrogens (primary N) is 1. The first-order valence-electron chi connectivity index (χ1n) is 9.54. The zero-order chi connectivity index (χ0) is 23.3. The van der Waals surface area contributed by atoms with E-state index in [0.29, 0.717) is 11.3 Å². The lowest BCUT2D eigenvalue weighted by Crippen LogP contribution is -2.35. The van der Waals surface area contributed by atoms with Crippen molar-refractivity contribution in [2.45, 2.75) is 17.9 Å². The monoisotopic (exact) mass is 455 g/mol. The van der Waals surface area contributed by atoms with Crippen molar-refractivity contribution in [2.24, 2.45) is 5.14 Å². The number of benzene rings is 3. The van der Waals surface area contributed by atoms with Gasteiger partial charge in [0.15, 0.2) is 6.10 Å². The van der Waals surface area contributed by atoms with Gasteiger partial charge in [-0.1, -0.05) is 30.3 Å². The number of hydrogen-bond donors (Lipinski definition) is 3. The Labute approximate surface area is 184 Å². The summed E-state index contributed by atoms with van der Waals surface area (Å²) in [5, 5.41) is 11.9. The fraction of sp³-hybridized carbons (Fsp3) is 0.136. The van der Waals surface area contributed by atoms with Gasteiger partial charge in [-0.25, -0.2) is 13.6 Å². The number of fused-ring (bicyclic) bond motifs is 1. The molecule has 166 valence electrons. The molecule has 0 aromatic heterocycles. The van der Waals surface area contributed by atoms with Crippen molar-refractivity contribution in [1.82, 2.24) is 5.32 Å². The average molecular weight is 455 g/mol. The van der Waals surface area contributed by atoms with Crippen LogP contribution in [0.1, 0.15) is 17.3 Å². The maximum absolute atomic E-state index is 12.3. The van der Waals surface area contributed by atoms with E-state index in [9.17, 15) is 22.8 Å². The number of amides is 2. The molecule has 0 aliphatic rings. The van der Waals surface area contributed by atoms with Crippen molar-refractivity contribution in [2.75, 3.05) is 11.9 Å². The van der Waals surface area contributed by atoms with Gasteiger partial charge in [0.1, 0.15) is 6.54 Å². The summed E-state index contributed by atoms with van der Waals surface area (Å²) < 4.78 is 27.6. The summed E-state index contributed by atoms with van der Waals surface area (Å²) in [5.41, 5.74) is 0.695. The number of ether oxygens (including phenoxy) is 1. The summed E-state index contributed by atoms with van der Waals surface area (Å²) >= 11 is 0.